The lowest BCUT2D eigenvalue weighted by Gasteiger charge is -2.11. The number of aromatic nitrogens is 2. The summed E-state index contributed by atoms with van der Waals surface area (Å²) in [4.78, 5) is 16.3. The molecule has 2 heterocycles. The first-order chi connectivity index (χ1) is 12.9. The summed E-state index contributed by atoms with van der Waals surface area (Å²) in [5, 5.41) is 6.66. The van der Waals surface area contributed by atoms with Gasteiger partial charge in [0, 0.05) is 18.0 Å². The van der Waals surface area contributed by atoms with E-state index in [2.05, 4.69) is 22.4 Å². The lowest BCUT2D eigenvalue weighted by atomic mass is 10.2. The van der Waals surface area contributed by atoms with Crippen molar-refractivity contribution in [2.45, 2.75) is 38.6 Å². The zero-order valence-electron chi connectivity index (χ0n) is 15.2. The van der Waals surface area contributed by atoms with Crippen molar-refractivity contribution in [1.29, 1.82) is 0 Å². The second-order valence-electron chi connectivity index (χ2n) is 6.60. The molecule has 27 heavy (non-hydrogen) atoms. The van der Waals surface area contributed by atoms with Crippen LogP contribution in [-0.2, 0) is 21.1 Å². The van der Waals surface area contributed by atoms with Gasteiger partial charge < -0.3 is 14.6 Å². The van der Waals surface area contributed by atoms with Gasteiger partial charge in [-0.3, -0.25) is 4.79 Å². The fourth-order valence-electron chi connectivity index (χ4n) is 2.83. The Morgan fingerprint density at radius 2 is 2.11 bits per heavy atom. The summed E-state index contributed by atoms with van der Waals surface area (Å²) in [6.07, 6.45) is 3.28. The maximum Gasteiger partial charge on any atom is 0.258 e. The van der Waals surface area contributed by atoms with Crippen molar-refractivity contribution in [3.05, 3.63) is 30.2 Å². The standard InChI is InChI=1S/C18H23N3O5S/c1-2-3-4-17-20-18(21-26-17)13-5-7-15(8-6-13)25-11-16(22)19-14-9-10-27(23,24)12-14/h5-8,14H,2-4,9-12H2,1H3,(H,19,22). The Balaban J connectivity index is 1.49. The topological polar surface area (TPSA) is 111 Å². The van der Waals surface area contributed by atoms with Crippen LogP contribution in [0.15, 0.2) is 28.8 Å². The minimum absolute atomic E-state index is 0.00161. The molecule has 0 radical (unpaired) electrons. The monoisotopic (exact) mass is 393 g/mol. The van der Waals surface area contributed by atoms with Gasteiger partial charge in [-0.15, -0.1) is 0 Å². The van der Waals surface area contributed by atoms with E-state index in [1.165, 1.54) is 0 Å². The van der Waals surface area contributed by atoms with Gasteiger partial charge in [0.2, 0.25) is 11.7 Å². The van der Waals surface area contributed by atoms with E-state index in [9.17, 15) is 13.2 Å². The highest BCUT2D eigenvalue weighted by Gasteiger charge is 2.28. The quantitative estimate of drug-likeness (QED) is 0.727. The Morgan fingerprint density at radius 3 is 2.78 bits per heavy atom. The first-order valence-corrected chi connectivity index (χ1v) is 10.8. The van der Waals surface area contributed by atoms with E-state index in [0.29, 0.717) is 23.9 Å². The predicted octanol–water partition coefficient (Wildman–Crippen LogP) is 1.76. The first kappa shape index (κ1) is 19.3. The van der Waals surface area contributed by atoms with E-state index in [1.807, 2.05) is 0 Å². The summed E-state index contributed by atoms with van der Waals surface area (Å²) < 4.78 is 33.5. The molecule has 2 aromatic rings. The molecular formula is C18H23N3O5S. The third-order valence-electron chi connectivity index (χ3n) is 4.29. The van der Waals surface area contributed by atoms with Gasteiger partial charge >= 0.3 is 0 Å². The van der Waals surface area contributed by atoms with E-state index in [-0.39, 0.29) is 30.1 Å². The number of sulfone groups is 1. The molecule has 1 aromatic heterocycles. The summed E-state index contributed by atoms with van der Waals surface area (Å²) in [6.45, 7) is 1.94. The lowest BCUT2D eigenvalue weighted by Crippen LogP contribution is -2.38. The molecule has 0 bridgehead atoms. The predicted molar refractivity (Wildman–Crippen MR) is 99.0 cm³/mol. The molecule has 146 valence electrons. The third kappa shape index (κ3) is 5.53. The number of unbranched alkanes of at least 4 members (excludes halogenated alkanes) is 1. The third-order valence-corrected chi connectivity index (χ3v) is 6.06. The number of hydrogen-bond acceptors (Lipinski definition) is 7. The van der Waals surface area contributed by atoms with E-state index < -0.39 is 9.84 Å². The first-order valence-electron chi connectivity index (χ1n) is 9.01. The highest BCUT2D eigenvalue weighted by Crippen LogP contribution is 2.20. The Kier molecular flexibility index (Phi) is 6.10. The van der Waals surface area contributed by atoms with Gasteiger partial charge in [-0.1, -0.05) is 18.5 Å². The van der Waals surface area contributed by atoms with Gasteiger partial charge in [-0.25, -0.2) is 8.42 Å². The number of aryl methyl sites for hydroxylation is 1. The maximum atomic E-state index is 11.9. The summed E-state index contributed by atoms with van der Waals surface area (Å²) in [5.74, 6) is 1.46. The van der Waals surface area contributed by atoms with Gasteiger partial charge in [-0.2, -0.15) is 4.98 Å². The van der Waals surface area contributed by atoms with Crippen LogP contribution in [0.3, 0.4) is 0 Å². The summed E-state index contributed by atoms with van der Waals surface area (Å²) in [6, 6.07) is 6.72. The maximum absolute atomic E-state index is 11.9. The molecular weight excluding hydrogens is 370 g/mol. The number of carbonyl (C=O) groups is 1. The van der Waals surface area contributed by atoms with Crippen LogP contribution in [-0.4, -0.2) is 48.6 Å². The molecule has 1 saturated heterocycles. The zero-order valence-corrected chi connectivity index (χ0v) is 16.0. The second kappa shape index (κ2) is 8.51. The molecule has 1 fully saturated rings. The van der Waals surface area contributed by atoms with Crippen molar-refractivity contribution in [1.82, 2.24) is 15.5 Å². The molecule has 1 aliphatic heterocycles. The van der Waals surface area contributed by atoms with Gasteiger partial charge in [-0.05, 0) is 37.1 Å². The second-order valence-corrected chi connectivity index (χ2v) is 8.82. The van der Waals surface area contributed by atoms with Crippen LogP contribution in [0.5, 0.6) is 5.75 Å². The highest BCUT2D eigenvalue weighted by atomic mass is 32.2. The van der Waals surface area contributed by atoms with Crippen molar-refractivity contribution in [3.8, 4) is 17.1 Å². The molecule has 3 rings (SSSR count). The van der Waals surface area contributed by atoms with Crippen LogP contribution >= 0.6 is 0 Å². The molecule has 0 aliphatic carbocycles. The highest BCUT2D eigenvalue weighted by molar-refractivity contribution is 7.91. The van der Waals surface area contributed by atoms with Gasteiger partial charge in [0.05, 0.1) is 11.5 Å². The minimum Gasteiger partial charge on any atom is -0.484 e. The largest absolute Gasteiger partial charge is 0.484 e. The van der Waals surface area contributed by atoms with Gasteiger partial charge in [0.1, 0.15) is 5.75 Å². The number of hydrogen-bond donors (Lipinski definition) is 1. The van der Waals surface area contributed by atoms with Crippen LogP contribution in [0.25, 0.3) is 11.4 Å². The Hall–Kier alpha value is -2.42. The van der Waals surface area contributed by atoms with Crippen LogP contribution in [0.2, 0.25) is 0 Å². The summed E-state index contributed by atoms with van der Waals surface area (Å²) in [7, 11) is -3.02. The molecule has 1 aromatic carbocycles. The molecule has 0 spiro atoms. The van der Waals surface area contributed by atoms with Crippen molar-refractivity contribution >= 4 is 15.7 Å². The molecule has 1 N–H and O–H groups in total. The number of nitrogens with zero attached hydrogens (tertiary/aromatic N) is 2. The molecule has 1 atom stereocenters. The van der Waals surface area contributed by atoms with E-state index in [4.69, 9.17) is 9.26 Å². The zero-order chi connectivity index (χ0) is 19.3. The molecule has 1 amide bonds. The fraction of sp³-hybridized carbons (Fsp3) is 0.500. The number of benzene rings is 1. The van der Waals surface area contributed by atoms with E-state index >= 15 is 0 Å². The van der Waals surface area contributed by atoms with Crippen molar-refractivity contribution in [2.75, 3.05) is 18.1 Å². The smallest absolute Gasteiger partial charge is 0.258 e. The SMILES string of the molecule is CCCCc1nc(-c2ccc(OCC(=O)NC3CCS(=O)(=O)C3)cc2)no1. The number of ether oxygens (including phenoxy) is 1. The minimum atomic E-state index is -3.02. The van der Waals surface area contributed by atoms with Gasteiger partial charge in [0.25, 0.3) is 5.91 Å². The molecule has 8 nitrogen and oxygen atoms in total. The Bertz CT molecular complexity index is 877. The van der Waals surface area contributed by atoms with Crippen molar-refractivity contribution in [3.63, 3.8) is 0 Å². The Labute approximate surface area is 158 Å². The number of amides is 1. The molecule has 0 saturated carbocycles. The normalized spacial score (nSPS) is 18.3. The molecule has 1 aliphatic rings. The summed E-state index contributed by atoms with van der Waals surface area (Å²) in [5.41, 5.74) is 0.800. The van der Waals surface area contributed by atoms with E-state index in [1.54, 1.807) is 24.3 Å². The van der Waals surface area contributed by atoms with Crippen molar-refractivity contribution < 1.29 is 22.5 Å². The van der Waals surface area contributed by atoms with E-state index in [0.717, 1.165) is 24.8 Å². The van der Waals surface area contributed by atoms with Crippen LogP contribution in [0.1, 0.15) is 32.1 Å². The number of rotatable bonds is 8. The Morgan fingerprint density at radius 1 is 1.33 bits per heavy atom. The number of carbonyl (C=O) groups excluding carboxylic acids is 1. The summed E-state index contributed by atoms with van der Waals surface area (Å²) >= 11 is 0. The molecule has 1 unspecified atom stereocenters. The number of nitrogens with one attached hydrogen (secondary N) is 1. The van der Waals surface area contributed by atoms with Crippen LogP contribution in [0.4, 0.5) is 0 Å². The van der Waals surface area contributed by atoms with Crippen LogP contribution < -0.4 is 10.1 Å². The van der Waals surface area contributed by atoms with Crippen molar-refractivity contribution in [2.24, 2.45) is 0 Å². The van der Waals surface area contributed by atoms with Crippen LogP contribution in [0, 0.1) is 0 Å². The average Bonchev–Trinajstić information content (AvgIpc) is 3.25. The van der Waals surface area contributed by atoms with Gasteiger partial charge in [0.15, 0.2) is 16.4 Å². The fourth-order valence-corrected chi connectivity index (χ4v) is 4.50. The molecule has 9 heteroatoms. The average molecular weight is 393 g/mol. The lowest BCUT2D eigenvalue weighted by molar-refractivity contribution is -0.123.